The summed E-state index contributed by atoms with van der Waals surface area (Å²) in [6.45, 7) is 7.54. The highest BCUT2D eigenvalue weighted by atomic mass is 16.2. The van der Waals surface area contributed by atoms with Crippen molar-refractivity contribution in [3.05, 3.63) is 65.2 Å². The van der Waals surface area contributed by atoms with Crippen LogP contribution in [0.15, 0.2) is 48.5 Å². The number of likely N-dealkylation sites (N-methyl/N-ethyl adjacent to an activating group) is 1. The van der Waals surface area contributed by atoms with Crippen LogP contribution >= 0.6 is 0 Å². The van der Waals surface area contributed by atoms with Gasteiger partial charge in [-0.05, 0) is 47.9 Å². The van der Waals surface area contributed by atoms with Gasteiger partial charge in [0, 0.05) is 17.8 Å². The molecule has 0 spiro atoms. The third kappa shape index (κ3) is 5.70. The first-order valence-corrected chi connectivity index (χ1v) is 8.63. The van der Waals surface area contributed by atoms with Gasteiger partial charge in [0.1, 0.15) is 0 Å². The van der Waals surface area contributed by atoms with Gasteiger partial charge in [-0.25, -0.2) is 0 Å². The maximum atomic E-state index is 12.2. The van der Waals surface area contributed by atoms with Gasteiger partial charge < -0.3 is 11.1 Å². The molecule has 0 aliphatic rings. The van der Waals surface area contributed by atoms with Crippen LogP contribution in [0, 0.1) is 0 Å². The Bertz CT molecular complexity index is 759. The largest absolute Gasteiger partial charge is 0.366 e. The van der Waals surface area contributed by atoms with Gasteiger partial charge in [0.05, 0.1) is 6.54 Å². The van der Waals surface area contributed by atoms with E-state index in [2.05, 4.69) is 50.4 Å². The first-order valence-electron chi connectivity index (χ1n) is 8.63. The number of amides is 2. The van der Waals surface area contributed by atoms with E-state index in [0.29, 0.717) is 17.8 Å². The van der Waals surface area contributed by atoms with Crippen LogP contribution in [0.4, 0.5) is 5.69 Å². The van der Waals surface area contributed by atoms with Crippen LogP contribution in [0.25, 0.3) is 0 Å². The Balaban J connectivity index is 1.87. The summed E-state index contributed by atoms with van der Waals surface area (Å²) in [5, 5.41) is 2.82. The van der Waals surface area contributed by atoms with Crippen molar-refractivity contribution < 1.29 is 9.59 Å². The van der Waals surface area contributed by atoms with Crippen molar-refractivity contribution in [3.63, 3.8) is 0 Å². The molecule has 0 saturated carbocycles. The van der Waals surface area contributed by atoms with Gasteiger partial charge in [-0.15, -0.1) is 0 Å². The van der Waals surface area contributed by atoms with E-state index in [1.165, 1.54) is 11.1 Å². The zero-order chi connectivity index (χ0) is 19.3. The molecule has 3 N–H and O–H groups in total. The Morgan fingerprint density at radius 1 is 1.00 bits per heavy atom. The molecule has 0 unspecified atom stereocenters. The van der Waals surface area contributed by atoms with Crippen molar-refractivity contribution in [2.45, 2.75) is 32.7 Å². The number of hydrogen-bond acceptors (Lipinski definition) is 3. The van der Waals surface area contributed by atoms with E-state index in [-0.39, 0.29) is 17.9 Å². The molecule has 5 heteroatoms. The Hall–Kier alpha value is -2.66. The van der Waals surface area contributed by atoms with E-state index in [1.54, 1.807) is 24.3 Å². The van der Waals surface area contributed by atoms with Gasteiger partial charge in [-0.2, -0.15) is 0 Å². The third-order valence-corrected chi connectivity index (χ3v) is 4.14. The number of benzene rings is 2. The molecule has 0 radical (unpaired) electrons. The van der Waals surface area contributed by atoms with Gasteiger partial charge >= 0.3 is 0 Å². The van der Waals surface area contributed by atoms with Gasteiger partial charge in [0.15, 0.2) is 0 Å². The Kier molecular flexibility index (Phi) is 6.16. The predicted molar refractivity (Wildman–Crippen MR) is 105 cm³/mol. The second kappa shape index (κ2) is 8.15. The lowest BCUT2D eigenvalue weighted by molar-refractivity contribution is -0.117. The summed E-state index contributed by atoms with van der Waals surface area (Å²) < 4.78 is 0. The molecular formula is C21H27N3O2. The van der Waals surface area contributed by atoms with Crippen molar-refractivity contribution in [1.82, 2.24) is 4.90 Å². The van der Waals surface area contributed by atoms with Crippen molar-refractivity contribution in [3.8, 4) is 0 Å². The van der Waals surface area contributed by atoms with Crippen LogP contribution in [-0.2, 0) is 16.8 Å². The predicted octanol–water partition coefficient (Wildman–Crippen LogP) is 3.15. The van der Waals surface area contributed by atoms with Crippen molar-refractivity contribution in [1.29, 1.82) is 0 Å². The third-order valence-electron chi connectivity index (χ3n) is 4.14. The molecule has 0 aliphatic heterocycles. The Labute approximate surface area is 155 Å². The Morgan fingerprint density at radius 3 is 2.08 bits per heavy atom. The van der Waals surface area contributed by atoms with E-state index in [0.717, 1.165) is 0 Å². The summed E-state index contributed by atoms with van der Waals surface area (Å²) in [6.07, 6.45) is 0. The minimum Gasteiger partial charge on any atom is -0.366 e. The molecule has 138 valence electrons. The lowest BCUT2D eigenvalue weighted by atomic mass is 9.87. The second-order valence-electron chi connectivity index (χ2n) is 7.61. The minimum absolute atomic E-state index is 0.106. The van der Waals surface area contributed by atoms with Crippen LogP contribution in [0.3, 0.4) is 0 Å². The maximum absolute atomic E-state index is 12.2. The summed E-state index contributed by atoms with van der Waals surface area (Å²) >= 11 is 0. The lowest BCUT2D eigenvalue weighted by Crippen LogP contribution is -2.29. The minimum atomic E-state index is -0.486. The number of hydrogen-bond donors (Lipinski definition) is 2. The quantitative estimate of drug-likeness (QED) is 0.838. The van der Waals surface area contributed by atoms with Crippen molar-refractivity contribution in [2.75, 3.05) is 18.9 Å². The summed E-state index contributed by atoms with van der Waals surface area (Å²) in [5.41, 5.74) is 8.85. The van der Waals surface area contributed by atoms with E-state index in [1.807, 2.05) is 11.9 Å². The van der Waals surface area contributed by atoms with Gasteiger partial charge in [0.25, 0.3) is 0 Å². The van der Waals surface area contributed by atoms with E-state index in [9.17, 15) is 9.59 Å². The molecule has 2 aromatic carbocycles. The number of carbonyl (C=O) groups excluding carboxylic acids is 2. The molecule has 2 aromatic rings. The number of rotatable bonds is 6. The van der Waals surface area contributed by atoms with Gasteiger partial charge in [0.2, 0.25) is 11.8 Å². The first-order chi connectivity index (χ1) is 12.1. The molecule has 5 nitrogen and oxygen atoms in total. The van der Waals surface area contributed by atoms with Crippen LogP contribution in [0.1, 0.15) is 42.3 Å². The number of carbonyl (C=O) groups is 2. The standard InChI is InChI=1S/C21H27N3O2/c1-21(2,3)17-9-5-15(6-10-17)13-24(4)14-19(25)23-18-11-7-16(8-12-18)20(22)26/h5-12H,13-14H2,1-4H3,(H2,22,26)(H,23,25). The number of anilines is 1. The molecule has 0 saturated heterocycles. The molecule has 0 atom stereocenters. The zero-order valence-electron chi connectivity index (χ0n) is 15.9. The number of nitrogens with one attached hydrogen (secondary N) is 1. The fourth-order valence-corrected chi connectivity index (χ4v) is 2.64. The monoisotopic (exact) mass is 353 g/mol. The van der Waals surface area contributed by atoms with E-state index >= 15 is 0 Å². The Morgan fingerprint density at radius 2 is 1.58 bits per heavy atom. The van der Waals surface area contributed by atoms with Crippen LogP contribution in [0.5, 0.6) is 0 Å². The van der Waals surface area contributed by atoms with Gasteiger partial charge in [-0.1, -0.05) is 45.0 Å². The SMILES string of the molecule is CN(CC(=O)Nc1ccc(C(N)=O)cc1)Cc1ccc(C(C)(C)C)cc1. The molecule has 0 aromatic heterocycles. The van der Waals surface area contributed by atoms with E-state index in [4.69, 9.17) is 5.73 Å². The zero-order valence-corrected chi connectivity index (χ0v) is 15.9. The first kappa shape index (κ1) is 19.7. The summed E-state index contributed by atoms with van der Waals surface area (Å²) in [7, 11) is 1.91. The van der Waals surface area contributed by atoms with Crippen molar-refractivity contribution in [2.24, 2.45) is 5.73 Å². The molecule has 0 fully saturated rings. The molecule has 2 rings (SSSR count). The second-order valence-corrected chi connectivity index (χ2v) is 7.61. The smallest absolute Gasteiger partial charge is 0.248 e. The average molecular weight is 353 g/mol. The molecule has 0 bridgehead atoms. The molecular weight excluding hydrogens is 326 g/mol. The summed E-state index contributed by atoms with van der Waals surface area (Å²) in [4.78, 5) is 25.2. The summed E-state index contributed by atoms with van der Waals surface area (Å²) in [6, 6.07) is 15.0. The molecule has 2 amide bonds. The molecule has 0 aliphatic carbocycles. The summed E-state index contributed by atoms with van der Waals surface area (Å²) in [5.74, 6) is -0.592. The fraction of sp³-hybridized carbons (Fsp3) is 0.333. The normalized spacial score (nSPS) is 11.4. The van der Waals surface area contributed by atoms with Crippen LogP contribution in [0.2, 0.25) is 0 Å². The lowest BCUT2D eigenvalue weighted by Gasteiger charge is -2.20. The highest BCUT2D eigenvalue weighted by Crippen LogP contribution is 2.22. The maximum Gasteiger partial charge on any atom is 0.248 e. The van der Waals surface area contributed by atoms with Crippen molar-refractivity contribution >= 4 is 17.5 Å². The highest BCUT2D eigenvalue weighted by Gasteiger charge is 2.13. The number of nitrogens with two attached hydrogens (primary N) is 1. The highest BCUT2D eigenvalue weighted by molar-refractivity contribution is 5.95. The number of primary amides is 1. The van der Waals surface area contributed by atoms with E-state index < -0.39 is 5.91 Å². The molecule has 26 heavy (non-hydrogen) atoms. The molecule has 0 heterocycles. The van der Waals surface area contributed by atoms with Crippen LogP contribution < -0.4 is 11.1 Å². The van der Waals surface area contributed by atoms with Crippen LogP contribution in [-0.4, -0.2) is 30.3 Å². The average Bonchev–Trinajstić information content (AvgIpc) is 2.54. The van der Waals surface area contributed by atoms with Gasteiger partial charge in [-0.3, -0.25) is 14.5 Å². The topological polar surface area (TPSA) is 75.4 Å². The number of nitrogens with zero attached hydrogens (tertiary/aromatic N) is 1. The fourth-order valence-electron chi connectivity index (χ4n) is 2.64.